The van der Waals surface area contributed by atoms with Crippen LogP contribution in [-0.2, 0) is 0 Å². The number of anilines is 1. The Morgan fingerprint density at radius 3 is 2.90 bits per heavy atom. The quantitative estimate of drug-likeness (QED) is 0.637. The summed E-state index contributed by atoms with van der Waals surface area (Å²) < 4.78 is 5.51. The fourth-order valence-corrected chi connectivity index (χ4v) is 2.15. The number of amides is 1. The van der Waals surface area contributed by atoms with E-state index in [-0.39, 0.29) is 5.91 Å². The molecule has 4 nitrogen and oxygen atoms in total. The van der Waals surface area contributed by atoms with Crippen molar-refractivity contribution < 1.29 is 9.53 Å². The van der Waals surface area contributed by atoms with Gasteiger partial charge in [0, 0.05) is 12.2 Å². The molecular formula is C16H20N2O2. The second kappa shape index (κ2) is 6.33. The van der Waals surface area contributed by atoms with Crippen molar-refractivity contribution in [2.45, 2.75) is 19.8 Å². The van der Waals surface area contributed by atoms with E-state index < -0.39 is 0 Å². The summed E-state index contributed by atoms with van der Waals surface area (Å²) >= 11 is 0. The molecule has 0 atom stereocenters. The highest BCUT2D eigenvalue weighted by Crippen LogP contribution is 2.32. The highest BCUT2D eigenvalue weighted by molar-refractivity contribution is 6.02. The third-order valence-corrected chi connectivity index (χ3v) is 3.32. The lowest BCUT2D eigenvalue weighted by Crippen LogP contribution is -2.34. The number of nitrogen functional groups attached to an aromatic ring is 1. The van der Waals surface area contributed by atoms with E-state index in [1.54, 1.807) is 23.1 Å². The largest absolute Gasteiger partial charge is 0.493 e. The van der Waals surface area contributed by atoms with Crippen LogP contribution in [0.1, 0.15) is 30.1 Å². The molecule has 20 heavy (non-hydrogen) atoms. The van der Waals surface area contributed by atoms with E-state index in [2.05, 4.69) is 5.92 Å². The summed E-state index contributed by atoms with van der Waals surface area (Å²) in [5, 5.41) is 0. The molecule has 0 aromatic heterocycles. The molecule has 1 amide bonds. The third kappa shape index (κ3) is 3.24. The summed E-state index contributed by atoms with van der Waals surface area (Å²) in [7, 11) is 0. The van der Waals surface area contributed by atoms with E-state index in [4.69, 9.17) is 16.9 Å². The molecule has 1 aliphatic carbocycles. The molecule has 2 rings (SSSR count). The van der Waals surface area contributed by atoms with Crippen molar-refractivity contribution in [1.82, 2.24) is 4.90 Å². The Morgan fingerprint density at radius 1 is 1.55 bits per heavy atom. The minimum absolute atomic E-state index is 0.142. The number of carbonyl (C=O) groups excluding carboxylic acids is 1. The molecule has 0 heterocycles. The summed E-state index contributed by atoms with van der Waals surface area (Å²) in [6.45, 7) is 3.36. The van der Waals surface area contributed by atoms with E-state index in [9.17, 15) is 4.79 Å². The number of hydrogen-bond donors (Lipinski definition) is 1. The van der Waals surface area contributed by atoms with Crippen molar-refractivity contribution >= 4 is 11.6 Å². The standard InChI is InChI=1S/C16H20N2O2/c1-3-10-18(11-12-8-9-12)16(19)15-13(17)6-5-7-14(15)20-4-2/h1,5-7,12H,4,8-11,17H2,2H3. The molecule has 0 unspecified atom stereocenters. The van der Waals surface area contributed by atoms with Crippen LogP contribution in [0, 0.1) is 18.3 Å². The second-order valence-corrected chi connectivity index (χ2v) is 4.99. The summed E-state index contributed by atoms with van der Waals surface area (Å²) in [6, 6.07) is 5.25. The second-order valence-electron chi connectivity index (χ2n) is 4.99. The smallest absolute Gasteiger partial charge is 0.260 e. The van der Waals surface area contributed by atoms with Crippen molar-refractivity contribution in [2.75, 3.05) is 25.4 Å². The van der Waals surface area contributed by atoms with E-state index in [0.717, 1.165) is 12.8 Å². The van der Waals surface area contributed by atoms with Crippen LogP contribution >= 0.6 is 0 Å². The summed E-state index contributed by atoms with van der Waals surface area (Å²) in [4.78, 5) is 14.4. The van der Waals surface area contributed by atoms with Crippen LogP contribution in [0.15, 0.2) is 18.2 Å². The van der Waals surface area contributed by atoms with E-state index in [1.807, 2.05) is 6.92 Å². The average Bonchev–Trinajstić information content (AvgIpc) is 3.22. The van der Waals surface area contributed by atoms with E-state index in [1.165, 1.54) is 0 Å². The first kappa shape index (κ1) is 14.3. The predicted molar refractivity (Wildman–Crippen MR) is 79.5 cm³/mol. The molecule has 1 saturated carbocycles. The Kier molecular flexibility index (Phi) is 4.52. The Bertz CT molecular complexity index is 530. The number of nitrogens with two attached hydrogens (primary N) is 1. The van der Waals surface area contributed by atoms with Gasteiger partial charge in [0.1, 0.15) is 11.3 Å². The molecule has 1 aromatic carbocycles. The highest BCUT2D eigenvalue weighted by Gasteiger charge is 2.29. The summed E-state index contributed by atoms with van der Waals surface area (Å²) in [6.07, 6.45) is 7.70. The summed E-state index contributed by atoms with van der Waals surface area (Å²) in [5.74, 6) is 3.50. The molecule has 0 bridgehead atoms. The fourth-order valence-electron chi connectivity index (χ4n) is 2.15. The van der Waals surface area contributed by atoms with Gasteiger partial charge in [-0.25, -0.2) is 0 Å². The van der Waals surface area contributed by atoms with Crippen LogP contribution in [-0.4, -0.2) is 30.5 Å². The molecule has 1 aliphatic rings. The number of hydrogen-bond acceptors (Lipinski definition) is 3. The normalized spacial score (nSPS) is 13.6. The predicted octanol–water partition coefficient (Wildman–Crippen LogP) is 2.15. The third-order valence-electron chi connectivity index (χ3n) is 3.32. The van der Waals surface area contributed by atoms with Crippen LogP contribution in [0.4, 0.5) is 5.69 Å². The number of terminal acetylenes is 1. The van der Waals surface area contributed by atoms with Crippen LogP contribution in [0.3, 0.4) is 0 Å². The minimum atomic E-state index is -0.142. The number of ether oxygens (including phenoxy) is 1. The average molecular weight is 272 g/mol. The van der Waals surface area contributed by atoms with Crippen molar-refractivity contribution in [3.05, 3.63) is 23.8 Å². The molecule has 0 aliphatic heterocycles. The highest BCUT2D eigenvalue weighted by atomic mass is 16.5. The molecule has 1 fully saturated rings. The van der Waals surface area contributed by atoms with Gasteiger partial charge in [-0.05, 0) is 37.8 Å². The van der Waals surface area contributed by atoms with Gasteiger partial charge in [0.05, 0.1) is 13.2 Å². The van der Waals surface area contributed by atoms with Gasteiger partial charge in [-0.1, -0.05) is 12.0 Å². The van der Waals surface area contributed by atoms with Crippen LogP contribution < -0.4 is 10.5 Å². The Morgan fingerprint density at radius 2 is 2.30 bits per heavy atom. The molecule has 0 spiro atoms. The van der Waals surface area contributed by atoms with E-state index in [0.29, 0.717) is 42.6 Å². The maximum absolute atomic E-state index is 12.7. The first-order chi connectivity index (χ1) is 9.67. The van der Waals surface area contributed by atoms with Gasteiger partial charge in [0.25, 0.3) is 5.91 Å². The van der Waals surface area contributed by atoms with Crippen molar-refractivity contribution in [3.63, 3.8) is 0 Å². The fraction of sp³-hybridized carbons (Fsp3) is 0.438. The topological polar surface area (TPSA) is 55.6 Å². The number of rotatable bonds is 6. The lowest BCUT2D eigenvalue weighted by molar-refractivity contribution is 0.0766. The van der Waals surface area contributed by atoms with Crippen molar-refractivity contribution in [3.8, 4) is 18.1 Å². The van der Waals surface area contributed by atoms with Gasteiger partial charge >= 0.3 is 0 Å². The zero-order valence-electron chi connectivity index (χ0n) is 11.8. The van der Waals surface area contributed by atoms with Gasteiger partial charge in [-0.15, -0.1) is 6.42 Å². The van der Waals surface area contributed by atoms with Crippen LogP contribution in [0.5, 0.6) is 5.75 Å². The molecule has 0 radical (unpaired) electrons. The van der Waals surface area contributed by atoms with Gasteiger partial charge < -0.3 is 15.4 Å². The zero-order chi connectivity index (χ0) is 14.5. The molecule has 1 aromatic rings. The van der Waals surface area contributed by atoms with Gasteiger partial charge in [-0.3, -0.25) is 4.79 Å². The maximum atomic E-state index is 12.7. The number of benzene rings is 1. The molecule has 106 valence electrons. The molecule has 4 heteroatoms. The van der Waals surface area contributed by atoms with Crippen molar-refractivity contribution in [2.24, 2.45) is 5.92 Å². The van der Waals surface area contributed by atoms with Crippen LogP contribution in [0.25, 0.3) is 0 Å². The molecular weight excluding hydrogens is 252 g/mol. The first-order valence-electron chi connectivity index (χ1n) is 6.91. The Balaban J connectivity index is 2.27. The molecule has 0 saturated heterocycles. The monoisotopic (exact) mass is 272 g/mol. The van der Waals surface area contributed by atoms with Crippen LogP contribution in [0.2, 0.25) is 0 Å². The lowest BCUT2D eigenvalue weighted by atomic mass is 10.1. The number of nitrogens with zero attached hydrogens (tertiary/aromatic N) is 1. The lowest BCUT2D eigenvalue weighted by Gasteiger charge is -2.22. The first-order valence-corrected chi connectivity index (χ1v) is 6.91. The van der Waals surface area contributed by atoms with Crippen molar-refractivity contribution in [1.29, 1.82) is 0 Å². The maximum Gasteiger partial charge on any atom is 0.260 e. The number of carbonyl (C=O) groups is 1. The molecule has 2 N–H and O–H groups in total. The summed E-state index contributed by atoms with van der Waals surface area (Å²) in [5.41, 5.74) is 6.80. The van der Waals surface area contributed by atoms with Gasteiger partial charge in [-0.2, -0.15) is 0 Å². The minimum Gasteiger partial charge on any atom is -0.493 e. The van der Waals surface area contributed by atoms with E-state index >= 15 is 0 Å². The van der Waals surface area contributed by atoms with Gasteiger partial charge in [0.15, 0.2) is 0 Å². The SMILES string of the molecule is C#CCN(CC1CC1)C(=O)c1c(N)cccc1OCC. The zero-order valence-corrected chi connectivity index (χ0v) is 11.8. The van der Waals surface area contributed by atoms with Gasteiger partial charge in [0.2, 0.25) is 0 Å². The Hall–Kier alpha value is -2.15. The Labute approximate surface area is 119 Å².